The molecular formula is C15H25N3O4. The number of aromatic nitrogens is 2. The molecule has 0 unspecified atom stereocenters. The van der Waals surface area contributed by atoms with Crippen LogP contribution in [-0.4, -0.2) is 58.6 Å². The standard InChI is InChI=1S/C15H25N3O4/c1-10(2)20-8-13-16-14(22-17-13)5-18-9-15(3,4)21-12-7-19-6-11(12)18/h10-12H,5-9H2,1-4H3/t11-,12-/m0/s1. The van der Waals surface area contributed by atoms with Crippen LogP contribution >= 0.6 is 0 Å². The van der Waals surface area contributed by atoms with E-state index in [1.807, 2.05) is 13.8 Å². The Balaban J connectivity index is 1.64. The summed E-state index contributed by atoms with van der Waals surface area (Å²) in [6.45, 7) is 11.3. The molecular weight excluding hydrogens is 286 g/mol. The normalized spacial score (nSPS) is 28.2. The Labute approximate surface area is 130 Å². The molecule has 2 atom stereocenters. The summed E-state index contributed by atoms with van der Waals surface area (Å²) in [4.78, 5) is 6.73. The van der Waals surface area contributed by atoms with Gasteiger partial charge in [0.15, 0.2) is 5.82 Å². The summed E-state index contributed by atoms with van der Waals surface area (Å²) in [5.74, 6) is 1.21. The molecule has 0 amide bonds. The Kier molecular flexibility index (Phi) is 4.49. The van der Waals surface area contributed by atoms with Crippen molar-refractivity contribution in [3.05, 3.63) is 11.7 Å². The fraction of sp³-hybridized carbons (Fsp3) is 0.867. The first-order valence-electron chi connectivity index (χ1n) is 7.85. The van der Waals surface area contributed by atoms with Crippen LogP contribution in [0, 0.1) is 0 Å². The summed E-state index contributed by atoms with van der Waals surface area (Å²) in [7, 11) is 0. The van der Waals surface area contributed by atoms with Crippen molar-refractivity contribution in [2.75, 3.05) is 19.8 Å². The van der Waals surface area contributed by atoms with Gasteiger partial charge in [0.05, 0.1) is 43.6 Å². The third-order valence-corrected chi connectivity index (χ3v) is 3.92. The SMILES string of the molecule is CC(C)OCc1noc(CN2CC(C)(C)O[C@H]3COC[C@@H]32)n1. The molecule has 1 aromatic heterocycles. The average molecular weight is 311 g/mol. The van der Waals surface area contributed by atoms with E-state index in [1.54, 1.807) is 0 Å². The molecule has 3 rings (SSSR count). The van der Waals surface area contributed by atoms with Gasteiger partial charge in [-0.25, -0.2) is 0 Å². The van der Waals surface area contributed by atoms with E-state index in [1.165, 1.54) is 0 Å². The number of ether oxygens (including phenoxy) is 3. The van der Waals surface area contributed by atoms with E-state index in [4.69, 9.17) is 18.7 Å². The maximum absolute atomic E-state index is 6.08. The molecule has 1 aromatic rings. The smallest absolute Gasteiger partial charge is 0.240 e. The van der Waals surface area contributed by atoms with Gasteiger partial charge in [0.2, 0.25) is 5.89 Å². The van der Waals surface area contributed by atoms with Crippen LogP contribution in [0.15, 0.2) is 4.52 Å². The Morgan fingerprint density at radius 2 is 2.18 bits per heavy atom. The first-order valence-corrected chi connectivity index (χ1v) is 7.85. The van der Waals surface area contributed by atoms with Crippen LogP contribution in [0.4, 0.5) is 0 Å². The van der Waals surface area contributed by atoms with E-state index in [-0.39, 0.29) is 23.9 Å². The largest absolute Gasteiger partial charge is 0.377 e. The molecule has 0 aromatic carbocycles. The summed E-state index contributed by atoms with van der Waals surface area (Å²) in [6.07, 6.45) is 0.272. The van der Waals surface area contributed by atoms with Crippen LogP contribution in [0.2, 0.25) is 0 Å². The van der Waals surface area contributed by atoms with Gasteiger partial charge >= 0.3 is 0 Å². The van der Waals surface area contributed by atoms with Gasteiger partial charge < -0.3 is 18.7 Å². The fourth-order valence-electron chi connectivity index (χ4n) is 3.03. The third kappa shape index (κ3) is 3.65. The number of rotatable bonds is 5. The summed E-state index contributed by atoms with van der Waals surface area (Å²) in [5.41, 5.74) is -0.196. The minimum atomic E-state index is -0.196. The Hall–Kier alpha value is -1.02. The molecule has 7 heteroatoms. The number of nitrogens with zero attached hydrogens (tertiary/aromatic N) is 3. The lowest BCUT2D eigenvalue weighted by Gasteiger charge is -2.44. The lowest BCUT2D eigenvalue weighted by Crippen LogP contribution is -2.57. The number of fused-ring (bicyclic) bond motifs is 1. The van der Waals surface area contributed by atoms with Crippen molar-refractivity contribution < 1.29 is 18.7 Å². The van der Waals surface area contributed by atoms with Crippen LogP contribution < -0.4 is 0 Å². The van der Waals surface area contributed by atoms with E-state index in [0.717, 1.165) is 6.54 Å². The van der Waals surface area contributed by atoms with Crippen LogP contribution in [0.1, 0.15) is 39.4 Å². The fourth-order valence-corrected chi connectivity index (χ4v) is 3.03. The highest BCUT2D eigenvalue weighted by atomic mass is 16.6. The van der Waals surface area contributed by atoms with Crippen LogP contribution in [0.5, 0.6) is 0 Å². The van der Waals surface area contributed by atoms with Gasteiger partial charge in [0.1, 0.15) is 6.61 Å². The number of morpholine rings is 1. The van der Waals surface area contributed by atoms with E-state index < -0.39 is 0 Å². The Morgan fingerprint density at radius 1 is 1.36 bits per heavy atom. The molecule has 0 spiro atoms. The van der Waals surface area contributed by atoms with Crippen LogP contribution in [0.25, 0.3) is 0 Å². The monoisotopic (exact) mass is 311 g/mol. The van der Waals surface area contributed by atoms with Gasteiger partial charge in [-0.1, -0.05) is 5.16 Å². The molecule has 3 heterocycles. The van der Waals surface area contributed by atoms with Crippen molar-refractivity contribution >= 4 is 0 Å². The predicted molar refractivity (Wildman–Crippen MR) is 78.2 cm³/mol. The zero-order chi connectivity index (χ0) is 15.7. The van der Waals surface area contributed by atoms with Gasteiger partial charge in [-0.05, 0) is 27.7 Å². The van der Waals surface area contributed by atoms with Gasteiger partial charge in [-0.15, -0.1) is 0 Å². The zero-order valence-electron chi connectivity index (χ0n) is 13.7. The molecule has 124 valence electrons. The quantitative estimate of drug-likeness (QED) is 0.813. The second-order valence-electron chi connectivity index (χ2n) is 6.89. The number of hydrogen-bond acceptors (Lipinski definition) is 7. The van der Waals surface area contributed by atoms with Crippen molar-refractivity contribution in [3.8, 4) is 0 Å². The molecule has 22 heavy (non-hydrogen) atoms. The first-order chi connectivity index (χ1) is 10.4. The van der Waals surface area contributed by atoms with Crippen molar-refractivity contribution in [1.82, 2.24) is 15.0 Å². The lowest BCUT2D eigenvalue weighted by atomic mass is 10.0. The molecule has 2 aliphatic rings. The molecule has 0 radical (unpaired) electrons. The third-order valence-electron chi connectivity index (χ3n) is 3.92. The first kappa shape index (κ1) is 15.9. The predicted octanol–water partition coefficient (Wildman–Crippen LogP) is 1.37. The summed E-state index contributed by atoms with van der Waals surface area (Å²) in [6, 6.07) is 0.260. The highest BCUT2D eigenvalue weighted by Gasteiger charge is 2.44. The molecule has 2 fully saturated rings. The van der Waals surface area contributed by atoms with Gasteiger partial charge in [-0.3, -0.25) is 4.90 Å². The molecule has 7 nitrogen and oxygen atoms in total. The topological polar surface area (TPSA) is 69.9 Å². The highest BCUT2D eigenvalue weighted by molar-refractivity contribution is 4.96. The van der Waals surface area contributed by atoms with Crippen molar-refractivity contribution in [2.24, 2.45) is 0 Å². The zero-order valence-corrected chi connectivity index (χ0v) is 13.7. The second-order valence-corrected chi connectivity index (χ2v) is 6.89. The maximum atomic E-state index is 6.08. The minimum Gasteiger partial charge on any atom is -0.377 e. The summed E-state index contributed by atoms with van der Waals surface area (Å²) >= 11 is 0. The number of hydrogen-bond donors (Lipinski definition) is 0. The average Bonchev–Trinajstić information content (AvgIpc) is 3.04. The van der Waals surface area contributed by atoms with E-state index >= 15 is 0 Å². The molecule has 2 saturated heterocycles. The summed E-state index contributed by atoms with van der Waals surface area (Å²) in [5, 5.41) is 3.98. The van der Waals surface area contributed by atoms with Gasteiger partial charge in [0, 0.05) is 6.54 Å². The van der Waals surface area contributed by atoms with Gasteiger partial charge in [0.25, 0.3) is 0 Å². The van der Waals surface area contributed by atoms with Crippen molar-refractivity contribution in [2.45, 2.75) is 64.7 Å². The molecule has 0 N–H and O–H groups in total. The van der Waals surface area contributed by atoms with Crippen molar-refractivity contribution in [3.63, 3.8) is 0 Å². The Bertz CT molecular complexity index is 503. The highest BCUT2D eigenvalue weighted by Crippen LogP contribution is 2.30. The molecule has 2 aliphatic heterocycles. The minimum absolute atomic E-state index is 0.121. The molecule has 0 saturated carbocycles. The Morgan fingerprint density at radius 3 is 2.95 bits per heavy atom. The van der Waals surface area contributed by atoms with E-state index in [2.05, 4.69) is 28.9 Å². The molecule has 0 aliphatic carbocycles. The van der Waals surface area contributed by atoms with Gasteiger partial charge in [-0.2, -0.15) is 4.98 Å². The van der Waals surface area contributed by atoms with E-state index in [9.17, 15) is 0 Å². The second kappa shape index (κ2) is 6.23. The maximum Gasteiger partial charge on any atom is 0.240 e. The van der Waals surface area contributed by atoms with Crippen LogP contribution in [0.3, 0.4) is 0 Å². The van der Waals surface area contributed by atoms with E-state index in [0.29, 0.717) is 38.1 Å². The lowest BCUT2D eigenvalue weighted by molar-refractivity contribution is -0.152. The van der Waals surface area contributed by atoms with Crippen molar-refractivity contribution in [1.29, 1.82) is 0 Å². The molecule has 0 bridgehead atoms. The van der Waals surface area contributed by atoms with Crippen LogP contribution in [-0.2, 0) is 27.4 Å². The summed E-state index contributed by atoms with van der Waals surface area (Å²) < 4.78 is 22.5.